The topological polar surface area (TPSA) is 54.9 Å². The van der Waals surface area contributed by atoms with E-state index in [0.717, 1.165) is 43.1 Å². The first kappa shape index (κ1) is 30.6. The van der Waals surface area contributed by atoms with E-state index in [4.69, 9.17) is 14.5 Å². The number of nitrogens with zero attached hydrogens (tertiary/aromatic N) is 3. The van der Waals surface area contributed by atoms with Crippen LogP contribution in [0.3, 0.4) is 0 Å². The molecule has 1 aromatic heterocycles. The van der Waals surface area contributed by atoms with Gasteiger partial charge in [0.25, 0.3) is 5.91 Å². The predicted octanol–water partition coefficient (Wildman–Crippen LogP) is 6.93. The van der Waals surface area contributed by atoms with Gasteiger partial charge in [-0.2, -0.15) is 0 Å². The lowest BCUT2D eigenvalue weighted by molar-refractivity contribution is 0.0985. The zero-order valence-corrected chi connectivity index (χ0v) is 24.7. The van der Waals surface area contributed by atoms with Gasteiger partial charge in [-0.3, -0.25) is 9.69 Å². The molecule has 0 aliphatic heterocycles. The van der Waals surface area contributed by atoms with Crippen molar-refractivity contribution in [3.63, 3.8) is 0 Å². The van der Waals surface area contributed by atoms with Gasteiger partial charge in [0.1, 0.15) is 11.5 Å². The molecule has 2 aromatic carbocycles. The number of halogens is 1. The highest BCUT2D eigenvalue weighted by Gasteiger charge is 2.23. The average Bonchev–Trinajstić information content (AvgIpc) is 3.37. The second-order valence-corrected chi connectivity index (χ2v) is 10.6. The number of aromatic nitrogens is 1. The van der Waals surface area contributed by atoms with Crippen LogP contribution in [0.15, 0.2) is 47.8 Å². The second-order valence-electron chi connectivity index (χ2n) is 9.75. The van der Waals surface area contributed by atoms with Crippen LogP contribution in [0.2, 0.25) is 0 Å². The van der Waals surface area contributed by atoms with Crippen molar-refractivity contribution in [3.8, 4) is 22.8 Å². The van der Waals surface area contributed by atoms with Crippen LogP contribution in [0.4, 0.5) is 5.13 Å². The summed E-state index contributed by atoms with van der Waals surface area (Å²) in [5.74, 6) is 1.41. The van der Waals surface area contributed by atoms with E-state index in [1.807, 2.05) is 40.6 Å². The maximum Gasteiger partial charge on any atom is 0.260 e. The van der Waals surface area contributed by atoms with Gasteiger partial charge >= 0.3 is 0 Å². The molecule has 1 heterocycles. The monoisotopic (exact) mass is 545 g/mol. The van der Waals surface area contributed by atoms with E-state index >= 15 is 0 Å². The van der Waals surface area contributed by atoms with Gasteiger partial charge in [-0.15, -0.1) is 23.7 Å². The molecule has 0 fully saturated rings. The Kier molecular flexibility index (Phi) is 11.4. The Labute approximate surface area is 232 Å². The molecule has 1 amide bonds. The van der Waals surface area contributed by atoms with Gasteiger partial charge in [0.15, 0.2) is 5.13 Å². The summed E-state index contributed by atoms with van der Waals surface area (Å²) in [7, 11) is 3.28. The van der Waals surface area contributed by atoms with Crippen molar-refractivity contribution in [3.05, 3.63) is 59.0 Å². The molecule has 37 heavy (non-hydrogen) atoms. The van der Waals surface area contributed by atoms with E-state index in [9.17, 15) is 4.79 Å². The summed E-state index contributed by atoms with van der Waals surface area (Å²) in [6.45, 7) is 14.4. The Morgan fingerprint density at radius 3 is 2.22 bits per heavy atom. The van der Waals surface area contributed by atoms with E-state index in [2.05, 4.69) is 51.7 Å². The summed E-state index contributed by atoms with van der Waals surface area (Å²) in [5.41, 5.74) is 3.50. The quantitative estimate of drug-likeness (QED) is 0.261. The van der Waals surface area contributed by atoms with Gasteiger partial charge in [0.2, 0.25) is 0 Å². The van der Waals surface area contributed by atoms with Crippen molar-refractivity contribution in [2.75, 3.05) is 45.3 Å². The fourth-order valence-corrected chi connectivity index (χ4v) is 4.92. The number of anilines is 1. The molecular formula is C29H40ClN3O3S. The molecular weight excluding hydrogens is 506 g/mol. The molecule has 0 spiro atoms. The highest BCUT2D eigenvalue weighted by Crippen LogP contribution is 2.36. The smallest absolute Gasteiger partial charge is 0.260 e. The van der Waals surface area contributed by atoms with Crippen molar-refractivity contribution < 1.29 is 14.3 Å². The SMILES string of the molecule is CCN(CC)CCCN(C(=O)c1ccc(C(C)(C)C)cc1)c1nc(-c2cc(OC)ccc2OC)cs1.Cl. The summed E-state index contributed by atoms with van der Waals surface area (Å²) in [4.78, 5) is 22.8. The lowest BCUT2D eigenvalue weighted by Crippen LogP contribution is -2.34. The van der Waals surface area contributed by atoms with Crippen LogP contribution in [0.1, 0.15) is 57.0 Å². The molecule has 0 aliphatic rings. The third kappa shape index (κ3) is 7.69. The van der Waals surface area contributed by atoms with E-state index in [-0.39, 0.29) is 23.7 Å². The zero-order valence-electron chi connectivity index (χ0n) is 23.0. The Bertz CT molecular complexity index is 1140. The van der Waals surface area contributed by atoms with Gasteiger partial charge in [0.05, 0.1) is 19.9 Å². The summed E-state index contributed by atoms with van der Waals surface area (Å²) >= 11 is 1.47. The number of hydrogen-bond donors (Lipinski definition) is 0. The van der Waals surface area contributed by atoms with Crippen LogP contribution in [0.5, 0.6) is 11.5 Å². The van der Waals surface area contributed by atoms with Gasteiger partial charge in [-0.1, -0.05) is 46.8 Å². The molecule has 3 aromatic rings. The highest BCUT2D eigenvalue weighted by molar-refractivity contribution is 7.14. The third-order valence-electron chi connectivity index (χ3n) is 6.40. The Morgan fingerprint density at radius 2 is 1.65 bits per heavy atom. The van der Waals surface area contributed by atoms with Crippen LogP contribution in [0, 0.1) is 0 Å². The van der Waals surface area contributed by atoms with E-state index < -0.39 is 0 Å². The van der Waals surface area contributed by atoms with Gasteiger partial charge in [-0.05, 0) is 67.4 Å². The maximum absolute atomic E-state index is 13.7. The number of benzene rings is 2. The minimum absolute atomic E-state index is 0. The molecule has 0 saturated carbocycles. The first-order chi connectivity index (χ1) is 17.2. The predicted molar refractivity (Wildman–Crippen MR) is 157 cm³/mol. The third-order valence-corrected chi connectivity index (χ3v) is 7.26. The maximum atomic E-state index is 13.7. The fraction of sp³-hybridized carbons (Fsp3) is 0.448. The molecule has 0 bridgehead atoms. The molecule has 0 saturated heterocycles. The number of hydrogen-bond acceptors (Lipinski definition) is 6. The molecule has 0 radical (unpaired) electrons. The highest BCUT2D eigenvalue weighted by atomic mass is 35.5. The van der Waals surface area contributed by atoms with Crippen LogP contribution in [0.25, 0.3) is 11.3 Å². The second kappa shape index (κ2) is 13.8. The lowest BCUT2D eigenvalue weighted by atomic mass is 9.86. The molecule has 0 atom stereocenters. The van der Waals surface area contributed by atoms with Crippen molar-refractivity contribution in [1.82, 2.24) is 9.88 Å². The summed E-state index contributed by atoms with van der Waals surface area (Å²) in [5, 5.41) is 2.65. The molecule has 0 aliphatic carbocycles. The summed E-state index contributed by atoms with van der Waals surface area (Å²) in [6.07, 6.45) is 0.866. The number of ether oxygens (including phenoxy) is 2. The standard InChI is InChI=1S/C29H39N3O3S.ClH/c1-8-31(9-2)17-10-18-32(27(33)21-11-13-22(14-12-21)29(3,4)5)28-30-25(20-36-28)24-19-23(34-6)15-16-26(24)35-7;/h11-16,19-20H,8-10,17-18H2,1-7H3;1H. The van der Waals surface area contributed by atoms with Crippen molar-refractivity contribution in [1.29, 1.82) is 0 Å². The van der Waals surface area contributed by atoms with Crippen LogP contribution in [-0.4, -0.2) is 56.2 Å². The zero-order chi connectivity index (χ0) is 26.3. The van der Waals surface area contributed by atoms with Gasteiger partial charge in [0, 0.05) is 23.1 Å². The van der Waals surface area contributed by atoms with Gasteiger partial charge in [-0.25, -0.2) is 4.98 Å². The fourth-order valence-electron chi connectivity index (χ4n) is 4.07. The first-order valence-corrected chi connectivity index (χ1v) is 13.4. The Hall–Kier alpha value is -2.61. The van der Waals surface area contributed by atoms with Crippen molar-refractivity contribution in [2.45, 2.75) is 46.5 Å². The number of methoxy groups -OCH3 is 2. The average molecular weight is 546 g/mol. The molecule has 3 rings (SSSR count). The van der Waals surface area contributed by atoms with Crippen LogP contribution in [-0.2, 0) is 5.41 Å². The van der Waals surface area contributed by atoms with Crippen molar-refractivity contribution in [2.24, 2.45) is 0 Å². The number of carbonyl (C=O) groups excluding carboxylic acids is 1. The van der Waals surface area contributed by atoms with Crippen LogP contribution < -0.4 is 14.4 Å². The Morgan fingerprint density at radius 1 is 0.973 bits per heavy atom. The molecule has 0 N–H and O–H groups in total. The van der Waals surface area contributed by atoms with Gasteiger partial charge < -0.3 is 14.4 Å². The molecule has 202 valence electrons. The Balaban J connectivity index is 0.00000481. The number of thiazole rings is 1. The number of rotatable bonds is 11. The van der Waals surface area contributed by atoms with E-state index in [1.165, 1.54) is 16.9 Å². The molecule has 6 nitrogen and oxygen atoms in total. The van der Waals surface area contributed by atoms with E-state index in [0.29, 0.717) is 23.0 Å². The number of amides is 1. The summed E-state index contributed by atoms with van der Waals surface area (Å²) in [6, 6.07) is 13.6. The molecule has 8 heteroatoms. The van der Waals surface area contributed by atoms with Crippen molar-refractivity contribution >= 4 is 34.8 Å². The lowest BCUT2D eigenvalue weighted by Gasteiger charge is -2.24. The van der Waals surface area contributed by atoms with E-state index in [1.54, 1.807) is 14.2 Å². The minimum Gasteiger partial charge on any atom is -0.497 e. The largest absolute Gasteiger partial charge is 0.497 e. The number of carbonyl (C=O) groups is 1. The summed E-state index contributed by atoms with van der Waals surface area (Å²) < 4.78 is 11.0. The normalized spacial score (nSPS) is 11.2. The minimum atomic E-state index is -0.0338. The first-order valence-electron chi connectivity index (χ1n) is 12.5. The van der Waals surface area contributed by atoms with Crippen LogP contribution >= 0.6 is 23.7 Å². The molecule has 0 unspecified atom stereocenters.